The fourth-order valence-corrected chi connectivity index (χ4v) is 3.00. The zero-order chi connectivity index (χ0) is 19.7. The number of aryl methyl sites for hydroxylation is 1. The Bertz CT molecular complexity index is 1140. The lowest BCUT2D eigenvalue weighted by Crippen LogP contribution is -2.30. The number of hydrogen-bond acceptors (Lipinski definition) is 4. The topological polar surface area (TPSA) is 63.9 Å². The van der Waals surface area contributed by atoms with Gasteiger partial charge < -0.3 is 9.47 Å². The van der Waals surface area contributed by atoms with Crippen molar-refractivity contribution in [3.63, 3.8) is 0 Å². The predicted molar refractivity (Wildman–Crippen MR) is 105 cm³/mol. The minimum atomic E-state index is -0.319. The van der Waals surface area contributed by atoms with E-state index in [0.717, 1.165) is 5.69 Å². The van der Waals surface area contributed by atoms with Crippen LogP contribution in [0.5, 0.6) is 0 Å². The molecule has 0 N–H and O–H groups in total. The van der Waals surface area contributed by atoms with Gasteiger partial charge in [-0.15, -0.1) is 0 Å². The number of anilines is 1. The molecule has 2 aromatic heterocycles. The quantitative estimate of drug-likeness (QED) is 0.547. The Labute approximate surface area is 161 Å². The fraction of sp³-hybridized carbons (Fsp3) is 0.143. The van der Waals surface area contributed by atoms with E-state index in [9.17, 15) is 9.18 Å². The van der Waals surface area contributed by atoms with Gasteiger partial charge in [-0.2, -0.15) is 0 Å². The maximum absolute atomic E-state index is 13.2. The zero-order valence-electron chi connectivity index (χ0n) is 15.5. The van der Waals surface area contributed by atoms with E-state index in [4.69, 9.17) is 0 Å². The van der Waals surface area contributed by atoms with E-state index in [-0.39, 0.29) is 18.3 Å². The summed E-state index contributed by atoms with van der Waals surface area (Å²) in [5, 5.41) is 0. The van der Waals surface area contributed by atoms with Crippen LogP contribution in [0.4, 0.5) is 10.1 Å². The molecule has 2 aromatic carbocycles. The first-order valence-electron chi connectivity index (χ1n) is 8.80. The highest BCUT2D eigenvalue weighted by molar-refractivity contribution is 5.93. The molecule has 0 saturated carbocycles. The minimum absolute atomic E-state index is 0.0875. The van der Waals surface area contributed by atoms with Gasteiger partial charge in [0.25, 0.3) is 0 Å². The van der Waals surface area contributed by atoms with Gasteiger partial charge in [-0.1, -0.05) is 18.2 Å². The molecule has 0 fully saturated rings. The summed E-state index contributed by atoms with van der Waals surface area (Å²) >= 11 is 0. The van der Waals surface area contributed by atoms with Crippen LogP contribution >= 0.6 is 0 Å². The van der Waals surface area contributed by atoms with Crippen LogP contribution in [0.15, 0.2) is 60.8 Å². The Hall–Kier alpha value is -3.61. The monoisotopic (exact) mass is 375 g/mol. The van der Waals surface area contributed by atoms with Crippen molar-refractivity contribution in [3.05, 3.63) is 72.4 Å². The molecule has 0 radical (unpaired) electrons. The second kappa shape index (κ2) is 7.19. The molecule has 4 aromatic rings. The van der Waals surface area contributed by atoms with Crippen molar-refractivity contribution in [2.75, 3.05) is 11.9 Å². The van der Waals surface area contributed by atoms with E-state index in [0.29, 0.717) is 28.4 Å². The van der Waals surface area contributed by atoms with Crippen LogP contribution in [0.3, 0.4) is 0 Å². The first-order chi connectivity index (χ1) is 13.5. The highest BCUT2D eigenvalue weighted by Crippen LogP contribution is 2.20. The third-order valence-electron chi connectivity index (χ3n) is 4.59. The number of fused-ring (bicyclic) bond motifs is 1. The minimum Gasteiger partial charge on any atom is -0.314 e. The third kappa shape index (κ3) is 3.34. The van der Waals surface area contributed by atoms with Crippen molar-refractivity contribution >= 4 is 22.8 Å². The number of para-hydroxylation sites is 1. The first kappa shape index (κ1) is 17.8. The van der Waals surface area contributed by atoms with Gasteiger partial charge in [0.15, 0.2) is 11.5 Å². The highest BCUT2D eigenvalue weighted by atomic mass is 19.1. The number of imidazole rings is 1. The van der Waals surface area contributed by atoms with E-state index < -0.39 is 0 Å². The van der Waals surface area contributed by atoms with Gasteiger partial charge in [0.05, 0.1) is 6.20 Å². The molecule has 0 unspecified atom stereocenters. The first-order valence-corrected chi connectivity index (χ1v) is 8.80. The highest BCUT2D eigenvalue weighted by Gasteiger charge is 2.17. The van der Waals surface area contributed by atoms with Crippen LogP contribution in [0.1, 0.15) is 5.82 Å². The summed E-state index contributed by atoms with van der Waals surface area (Å²) < 4.78 is 15.0. The molecule has 140 valence electrons. The maximum Gasteiger partial charge on any atom is 0.246 e. The van der Waals surface area contributed by atoms with Crippen LogP contribution in [0.2, 0.25) is 0 Å². The van der Waals surface area contributed by atoms with Crippen molar-refractivity contribution in [2.24, 2.45) is 0 Å². The van der Waals surface area contributed by atoms with Gasteiger partial charge in [-0.05, 0) is 43.3 Å². The van der Waals surface area contributed by atoms with E-state index in [2.05, 4.69) is 15.0 Å². The molecular weight excluding hydrogens is 357 g/mol. The molecule has 0 bridgehead atoms. The third-order valence-corrected chi connectivity index (χ3v) is 4.59. The lowest BCUT2D eigenvalue weighted by atomic mass is 10.2. The molecule has 2 heterocycles. The Morgan fingerprint density at radius 1 is 1.07 bits per heavy atom. The zero-order valence-corrected chi connectivity index (χ0v) is 15.5. The molecule has 0 saturated heterocycles. The predicted octanol–water partition coefficient (Wildman–Crippen LogP) is 3.60. The summed E-state index contributed by atoms with van der Waals surface area (Å²) in [7, 11) is 1.74. The number of aromatic nitrogens is 4. The number of carbonyl (C=O) groups excluding carboxylic acids is 1. The smallest absolute Gasteiger partial charge is 0.246 e. The maximum atomic E-state index is 13.2. The molecule has 6 nitrogen and oxygen atoms in total. The van der Waals surface area contributed by atoms with Gasteiger partial charge in [-0.25, -0.2) is 19.3 Å². The Kier molecular flexibility index (Phi) is 4.57. The Balaban J connectivity index is 1.68. The second-order valence-corrected chi connectivity index (χ2v) is 6.44. The molecule has 0 aliphatic carbocycles. The summed E-state index contributed by atoms with van der Waals surface area (Å²) in [6, 6.07) is 15.4. The number of likely N-dealkylation sites (N-methyl/N-ethyl adjacent to an activating group) is 1. The lowest BCUT2D eigenvalue weighted by molar-refractivity contribution is -0.118. The van der Waals surface area contributed by atoms with Crippen LogP contribution in [-0.2, 0) is 11.3 Å². The fourth-order valence-electron chi connectivity index (χ4n) is 3.00. The molecule has 28 heavy (non-hydrogen) atoms. The van der Waals surface area contributed by atoms with Gasteiger partial charge in [0.2, 0.25) is 5.91 Å². The summed E-state index contributed by atoms with van der Waals surface area (Å²) in [4.78, 5) is 27.7. The van der Waals surface area contributed by atoms with Crippen molar-refractivity contribution in [2.45, 2.75) is 13.5 Å². The SMILES string of the molecule is Cc1nc2cnc(-c3ccc(F)cc3)nc2n1CC(=O)N(C)c1ccccc1. The molecular formula is C21H18FN5O. The number of benzene rings is 2. The number of carbonyl (C=O) groups is 1. The Morgan fingerprint density at radius 3 is 2.50 bits per heavy atom. The van der Waals surface area contributed by atoms with E-state index in [1.54, 1.807) is 34.8 Å². The van der Waals surface area contributed by atoms with E-state index in [1.165, 1.54) is 12.1 Å². The molecule has 1 amide bonds. The average molecular weight is 375 g/mol. The summed E-state index contributed by atoms with van der Waals surface area (Å²) in [6.07, 6.45) is 1.62. The molecule has 0 spiro atoms. The number of halogens is 1. The number of nitrogens with zero attached hydrogens (tertiary/aromatic N) is 5. The van der Waals surface area contributed by atoms with Gasteiger partial charge in [0, 0.05) is 18.3 Å². The van der Waals surface area contributed by atoms with Crippen molar-refractivity contribution < 1.29 is 9.18 Å². The molecule has 0 atom stereocenters. The normalized spacial score (nSPS) is 11.0. The van der Waals surface area contributed by atoms with Crippen molar-refractivity contribution in [1.29, 1.82) is 0 Å². The van der Waals surface area contributed by atoms with Crippen molar-refractivity contribution in [3.8, 4) is 11.4 Å². The van der Waals surface area contributed by atoms with Crippen LogP contribution in [-0.4, -0.2) is 32.5 Å². The van der Waals surface area contributed by atoms with Crippen LogP contribution in [0, 0.1) is 12.7 Å². The van der Waals surface area contributed by atoms with Crippen molar-refractivity contribution in [1.82, 2.24) is 19.5 Å². The molecule has 0 aliphatic rings. The number of amides is 1. The lowest BCUT2D eigenvalue weighted by Gasteiger charge is -2.18. The molecule has 7 heteroatoms. The molecule has 0 aliphatic heterocycles. The number of hydrogen-bond donors (Lipinski definition) is 0. The summed E-state index contributed by atoms with van der Waals surface area (Å²) in [5.41, 5.74) is 2.69. The van der Waals surface area contributed by atoms with Gasteiger partial charge in [-0.3, -0.25) is 4.79 Å². The van der Waals surface area contributed by atoms with E-state index >= 15 is 0 Å². The van der Waals surface area contributed by atoms with Crippen LogP contribution < -0.4 is 4.90 Å². The largest absolute Gasteiger partial charge is 0.314 e. The number of rotatable bonds is 4. The molecule has 4 rings (SSSR count). The van der Waals surface area contributed by atoms with Gasteiger partial charge >= 0.3 is 0 Å². The average Bonchev–Trinajstić information content (AvgIpc) is 3.03. The van der Waals surface area contributed by atoms with Gasteiger partial charge in [0.1, 0.15) is 23.7 Å². The summed E-state index contributed by atoms with van der Waals surface area (Å²) in [5.74, 6) is 0.726. The summed E-state index contributed by atoms with van der Waals surface area (Å²) in [6.45, 7) is 1.93. The second-order valence-electron chi connectivity index (χ2n) is 6.44. The van der Waals surface area contributed by atoms with E-state index in [1.807, 2.05) is 37.3 Å². The van der Waals surface area contributed by atoms with Crippen LogP contribution in [0.25, 0.3) is 22.6 Å². The standard InChI is InChI=1S/C21H18FN5O/c1-14-24-18-12-23-20(15-8-10-16(22)11-9-15)25-21(18)27(14)13-19(28)26(2)17-6-4-3-5-7-17/h3-12H,13H2,1-2H3. The Morgan fingerprint density at radius 2 is 1.79 bits per heavy atom.